The van der Waals surface area contributed by atoms with Gasteiger partial charge in [-0.3, -0.25) is 4.90 Å². The van der Waals surface area contributed by atoms with Gasteiger partial charge in [0.2, 0.25) is 11.9 Å². The number of oxazole rings is 1. The van der Waals surface area contributed by atoms with Gasteiger partial charge in [0.05, 0.1) is 5.69 Å². The molecule has 0 amide bonds. The molecule has 4 rings (SSSR count). The van der Waals surface area contributed by atoms with Crippen LogP contribution < -0.4 is 16.4 Å². The first-order chi connectivity index (χ1) is 10.7. The van der Waals surface area contributed by atoms with Gasteiger partial charge in [-0.1, -0.05) is 12.5 Å². The molecule has 1 fully saturated rings. The average molecular weight is 298 g/mol. The normalized spacial score (nSPS) is 21.0. The number of aromatic nitrogens is 1. The zero-order chi connectivity index (χ0) is 15.2. The van der Waals surface area contributed by atoms with Crippen LogP contribution in [-0.4, -0.2) is 22.6 Å². The van der Waals surface area contributed by atoms with E-state index >= 15 is 0 Å². The molecule has 1 saturated carbocycles. The van der Waals surface area contributed by atoms with Crippen LogP contribution in [0, 0.1) is 0 Å². The maximum atomic E-state index is 6.22. The van der Waals surface area contributed by atoms with Crippen molar-refractivity contribution < 1.29 is 4.42 Å². The molecule has 1 aliphatic carbocycles. The fraction of sp³-hybridized carbons (Fsp3) is 0.400. The van der Waals surface area contributed by atoms with Crippen molar-refractivity contribution in [2.45, 2.75) is 37.8 Å². The van der Waals surface area contributed by atoms with E-state index in [1.165, 1.54) is 12.8 Å². The minimum Gasteiger partial charge on any atom is -0.443 e. The highest BCUT2D eigenvalue weighted by Crippen LogP contribution is 2.41. The molecule has 1 aliphatic heterocycles. The molecule has 0 atom stereocenters. The lowest BCUT2D eigenvalue weighted by atomic mass is 9.87. The molecule has 2 aromatic rings. The minimum absolute atomic E-state index is 0.253. The van der Waals surface area contributed by atoms with Crippen LogP contribution in [0.2, 0.25) is 0 Å². The lowest BCUT2D eigenvalue weighted by molar-refractivity contribution is 0.306. The van der Waals surface area contributed by atoms with Crippen LogP contribution in [0.5, 0.6) is 0 Å². The Balaban J connectivity index is 1.91. The predicted molar refractivity (Wildman–Crippen MR) is 85.5 cm³/mol. The van der Waals surface area contributed by atoms with Gasteiger partial charge in [-0.15, -0.1) is 0 Å². The molecule has 0 radical (unpaired) electrons. The largest absolute Gasteiger partial charge is 0.443 e. The Bertz CT molecular complexity index is 771. The second kappa shape index (κ2) is 4.72. The Morgan fingerprint density at radius 1 is 1.14 bits per heavy atom. The van der Waals surface area contributed by atoms with Crippen LogP contribution in [0.3, 0.4) is 0 Å². The van der Waals surface area contributed by atoms with Crippen molar-refractivity contribution in [2.75, 3.05) is 4.90 Å². The Morgan fingerprint density at radius 3 is 2.77 bits per heavy atom. The van der Waals surface area contributed by atoms with Gasteiger partial charge in [-0.05, 0) is 37.8 Å². The van der Waals surface area contributed by atoms with E-state index in [2.05, 4.69) is 15.0 Å². The number of aliphatic imine (C=N–C) groups is 2. The van der Waals surface area contributed by atoms with Crippen LogP contribution in [0.1, 0.15) is 32.1 Å². The number of hydrogen-bond donors (Lipinski definition) is 2. The molecule has 22 heavy (non-hydrogen) atoms. The van der Waals surface area contributed by atoms with E-state index in [0.29, 0.717) is 5.96 Å². The number of rotatable bonds is 1. The second-order valence-electron chi connectivity index (χ2n) is 5.79. The quantitative estimate of drug-likeness (QED) is 0.836. The number of benzene rings is 1. The summed E-state index contributed by atoms with van der Waals surface area (Å²) >= 11 is 0. The zero-order valence-corrected chi connectivity index (χ0v) is 12.2. The summed E-state index contributed by atoms with van der Waals surface area (Å²) in [6.07, 6.45) is 6.63. The smallest absolute Gasteiger partial charge is 0.220 e. The van der Waals surface area contributed by atoms with Gasteiger partial charge in [-0.25, -0.2) is 9.98 Å². The molecular weight excluding hydrogens is 280 g/mol. The maximum absolute atomic E-state index is 6.22. The number of para-hydroxylation sites is 1. The Labute approximate surface area is 127 Å². The number of hydrogen-bond acceptors (Lipinski definition) is 7. The monoisotopic (exact) mass is 298 g/mol. The Morgan fingerprint density at radius 2 is 1.95 bits per heavy atom. The summed E-state index contributed by atoms with van der Waals surface area (Å²) in [7, 11) is 0. The van der Waals surface area contributed by atoms with Crippen molar-refractivity contribution in [3.63, 3.8) is 0 Å². The van der Waals surface area contributed by atoms with Gasteiger partial charge >= 0.3 is 0 Å². The molecule has 1 spiro atoms. The van der Waals surface area contributed by atoms with Crippen LogP contribution >= 0.6 is 0 Å². The topological polar surface area (TPSA) is 106 Å². The van der Waals surface area contributed by atoms with Crippen molar-refractivity contribution >= 4 is 28.7 Å². The molecular formula is C15H18N6O. The highest BCUT2D eigenvalue weighted by atomic mass is 16.3. The second-order valence-corrected chi connectivity index (χ2v) is 5.79. The molecule has 114 valence electrons. The molecule has 4 N–H and O–H groups in total. The van der Waals surface area contributed by atoms with Gasteiger partial charge in [0.25, 0.3) is 0 Å². The van der Waals surface area contributed by atoms with E-state index in [1.54, 1.807) is 0 Å². The molecule has 0 unspecified atom stereocenters. The predicted octanol–water partition coefficient (Wildman–Crippen LogP) is 1.94. The summed E-state index contributed by atoms with van der Waals surface area (Å²) < 4.78 is 5.40. The molecule has 2 heterocycles. The van der Waals surface area contributed by atoms with Gasteiger partial charge in [0.15, 0.2) is 12.0 Å². The lowest BCUT2D eigenvalue weighted by Gasteiger charge is -2.45. The van der Waals surface area contributed by atoms with Crippen molar-refractivity contribution in [3.05, 3.63) is 24.6 Å². The SMILES string of the molecule is NC1=NC2(CCCCC2)N(c2cccc3ocnc23)C(N)=N1. The molecule has 1 aromatic carbocycles. The molecule has 7 nitrogen and oxygen atoms in total. The van der Waals surface area contributed by atoms with Gasteiger partial charge < -0.3 is 15.9 Å². The molecule has 2 aliphatic rings. The average Bonchev–Trinajstić information content (AvgIpc) is 2.96. The Hall–Kier alpha value is -2.57. The molecule has 0 bridgehead atoms. The fourth-order valence-electron chi connectivity index (χ4n) is 3.52. The summed E-state index contributed by atoms with van der Waals surface area (Å²) in [6.45, 7) is 0. The highest BCUT2D eigenvalue weighted by molar-refractivity contribution is 6.08. The third-order valence-corrected chi connectivity index (χ3v) is 4.43. The van der Waals surface area contributed by atoms with E-state index in [9.17, 15) is 0 Å². The van der Waals surface area contributed by atoms with E-state index < -0.39 is 5.66 Å². The Kier molecular flexibility index (Phi) is 2.82. The number of guanidine groups is 2. The maximum Gasteiger partial charge on any atom is 0.220 e. The number of anilines is 1. The van der Waals surface area contributed by atoms with Crippen molar-refractivity contribution in [1.82, 2.24) is 4.98 Å². The first kappa shape index (κ1) is 13.1. The summed E-state index contributed by atoms with van der Waals surface area (Å²) in [5.74, 6) is 0.618. The van der Waals surface area contributed by atoms with Crippen molar-refractivity contribution in [2.24, 2.45) is 21.5 Å². The molecule has 7 heteroatoms. The van der Waals surface area contributed by atoms with E-state index in [1.807, 2.05) is 23.1 Å². The first-order valence-electron chi connectivity index (χ1n) is 7.52. The standard InChI is InChI=1S/C15H18N6O/c16-13-19-14(17)21(15(20-13)7-2-1-3-8-15)10-5-4-6-11-12(10)18-9-22-11/h4-6,9H,1-3,7-8H2,(H4,16,17,19,20). The van der Waals surface area contributed by atoms with Gasteiger partial charge in [0.1, 0.15) is 11.2 Å². The van der Waals surface area contributed by atoms with Crippen LogP contribution in [0.4, 0.5) is 5.69 Å². The number of nitrogens with two attached hydrogens (primary N) is 2. The number of nitrogens with zero attached hydrogens (tertiary/aromatic N) is 4. The number of fused-ring (bicyclic) bond motifs is 1. The zero-order valence-electron chi connectivity index (χ0n) is 12.2. The van der Waals surface area contributed by atoms with Crippen molar-refractivity contribution in [1.29, 1.82) is 0 Å². The van der Waals surface area contributed by atoms with Gasteiger partial charge in [0, 0.05) is 0 Å². The summed E-state index contributed by atoms with van der Waals surface area (Å²) in [6, 6.07) is 5.78. The van der Waals surface area contributed by atoms with E-state index in [-0.39, 0.29) is 5.96 Å². The lowest BCUT2D eigenvalue weighted by Crippen LogP contribution is -2.58. The van der Waals surface area contributed by atoms with Crippen LogP contribution in [0.15, 0.2) is 39.0 Å². The van der Waals surface area contributed by atoms with E-state index in [0.717, 1.165) is 42.5 Å². The van der Waals surface area contributed by atoms with E-state index in [4.69, 9.17) is 15.9 Å². The van der Waals surface area contributed by atoms with Crippen LogP contribution in [-0.2, 0) is 0 Å². The summed E-state index contributed by atoms with van der Waals surface area (Å²) in [5.41, 5.74) is 14.0. The summed E-state index contributed by atoms with van der Waals surface area (Å²) in [5, 5.41) is 0. The fourth-order valence-corrected chi connectivity index (χ4v) is 3.52. The minimum atomic E-state index is -0.457. The molecule has 0 saturated heterocycles. The first-order valence-corrected chi connectivity index (χ1v) is 7.52. The third-order valence-electron chi connectivity index (χ3n) is 4.43. The van der Waals surface area contributed by atoms with Crippen molar-refractivity contribution in [3.8, 4) is 0 Å². The van der Waals surface area contributed by atoms with Crippen LogP contribution in [0.25, 0.3) is 11.1 Å². The third kappa shape index (κ3) is 1.85. The highest BCUT2D eigenvalue weighted by Gasteiger charge is 2.43. The summed E-state index contributed by atoms with van der Waals surface area (Å²) in [4.78, 5) is 15.1. The van der Waals surface area contributed by atoms with Gasteiger partial charge in [-0.2, -0.15) is 4.99 Å². The molecule has 1 aromatic heterocycles.